The lowest BCUT2D eigenvalue weighted by Gasteiger charge is -2.26. The molecule has 2 aromatic carbocycles. The fourth-order valence-electron chi connectivity index (χ4n) is 4.22. The highest BCUT2D eigenvalue weighted by atomic mass is 32.2. The third-order valence-electron chi connectivity index (χ3n) is 6.50. The van der Waals surface area contributed by atoms with E-state index in [2.05, 4.69) is 9.62 Å². The van der Waals surface area contributed by atoms with E-state index in [1.807, 2.05) is 26.0 Å². The highest BCUT2D eigenvalue weighted by Gasteiger charge is 2.18. The van der Waals surface area contributed by atoms with Crippen molar-refractivity contribution in [1.82, 2.24) is 5.48 Å². The van der Waals surface area contributed by atoms with E-state index in [1.54, 1.807) is 24.5 Å². The molecule has 1 unspecified atom stereocenters. The Balaban J connectivity index is 2.06. The van der Waals surface area contributed by atoms with Crippen molar-refractivity contribution in [1.29, 1.82) is 0 Å². The van der Waals surface area contributed by atoms with Crippen LogP contribution in [0.1, 0.15) is 29.8 Å². The van der Waals surface area contributed by atoms with Gasteiger partial charge in [0, 0.05) is 24.8 Å². The Morgan fingerprint density at radius 2 is 1.26 bits per heavy atom. The first-order valence-electron chi connectivity index (χ1n) is 16.4. The van der Waals surface area contributed by atoms with Crippen LogP contribution in [0, 0.1) is 6.92 Å². The molecule has 2 aromatic rings. The van der Waals surface area contributed by atoms with Gasteiger partial charge in [0.05, 0.1) is 110 Å². The van der Waals surface area contributed by atoms with Crippen molar-refractivity contribution < 1.29 is 61.8 Å². The van der Waals surface area contributed by atoms with Gasteiger partial charge in [-0.1, -0.05) is 11.6 Å². The van der Waals surface area contributed by atoms with Gasteiger partial charge in [0.2, 0.25) is 0 Å². The number of anilines is 2. The van der Waals surface area contributed by atoms with E-state index in [9.17, 15) is 9.00 Å². The molecule has 0 radical (unpaired) electrons. The molecule has 0 heterocycles. The Bertz CT molecular complexity index is 1220. The topological polar surface area (TPSA) is 196 Å². The van der Waals surface area contributed by atoms with E-state index >= 15 is 0 Å². The minimum atomic E-state index is -2.13. The van der Waals surface area contributed by atoms with Crippen LogP contribution in [0.25, 0.3) is 0 Å². The summed E-state index contributed by atoms with van der Waals surface area (Å²) in [6.45, 7) is 11.1. The first kappa shape index (κ1) is 43.1. The minimum absolute atomic E-state index is 0.0166. The van der Waals surface area contributed by atoms with E-state index in [0.29, 0.717) is 90.6 Å². The second kappa shape index (κ2) is 26.7. The van der Waals surface area contributed by atoms with Gasteiger partial charge in [0.1, 0.15) is 5.75 Å². The van der Waals surface area contributed by atoms with Crippen LogP contribution in [0.15, 0.2) is 36.4 Å². The van der Waals surface area contributed by atoms with Crippen LogP contribution in [0.5, 0.6) is 11.5 Å². The average Bonchev–Trinajstić information content (AvgIpc) is 3.09. The van der Waals surface area contributed by atoms with Gasteiger partial charge in [0.15, 0.2) is 5.75 Å². The molecular weight excluding hydrogens is 678 g/mol. The fraction of sp³-hybridized carbons (Fsp3) is 0.606. The third kappa shape index (κ3) is 18.2. The van der Waals surface area contributed by atoms with Gasteiger partial charge in [-0.05, 0) is 45.0 Å². The maximum Gasteiger partial charge on any atom is 0.316 e. The van der Waals surface area contributed by atoms with Crippen molar-refractivity contribution in [3.05, 3.63) is 47.5 Å². The SMILES string of the molecule is Cc1ccc(OS(=O)Nc2ccc(N(CCOCCOCCOCCO)CCOCCOCCOCCO)cc2OC(C)C)c(C(=O)NO)c1. The Kier molecular flexibility index (Phi) is 23.0. The summed E-state index contributed by atoms with van der Waals surface area (Å²) < 4.78 is 60.4. The standard InChI is InChI=1S/C33H53N3O13S/c1-26(2)48-32-25-28(5-6-30(32)35-50(41)49-31-7-4-27(3)24-29(31)33(39)34-40)36(8-12-42-16-20-46-22-18-44-14-10-37)9-13-43-17-21-47-23-19-45-15-11-38/h4-7,24-26,35,37-38,40H,8-23H2,1-3H3,(H,34,39). The second-order valence-electron chi connectivity index (χ2n) is 10.8. The van der Waals surface area contributed by atoms with Crippen LogP contribution < -0.4 is 24.0 Å². The largest absolute Gasteiger partial charge is 0.489 e. The monoisotopic (exact) mass is 731 g/mol. The van der Waals surface area contributed by atoms with Crippen LogP contribution in [-0.4, -0.2) is 137 Å². The molecule has 5 N–H and O–H groups in total. The summed E-state index contributed by atoms with van der Waals surface area (Å²) in [5.41, 5.74) is 3.55. The maximum atomic E-state index is 13.0. The average molecular weight is 732 g/mol. The molecule has 17 heteroatoms. The number of aliphatic hydroxyl groups excluding tert-OH is 2. The van der Waals surface area contributed by atoms with Crippen LogP contribution in [-0.2, 0) is 39.7 Å². The minimum Gasteiger partial charge on any atom is -0.489 e. The van der Waals surface area contributed by atoms with Crippen molar-refractivity contribution in [3.63, 3.8) is 0 Å². The quantitative estimate of drug-likeness (QED) is 0.0444. The second-order valence-corrected chi connectivity index (χ2v) is 11.7. The zero-order valence-electron chi connectivity index (χ0n) is 29.1. The first-order valence-corrected chi connectivity index (χ1v) is 17.5. The molecule has 16 nitrogen and oxygen atoms in total. The van der Waals surface area contributed by atoms with Crippen LogP contribution in [0.2, 0.25) is 0 Å². The number of hydrogen-bond donors (Lipinski definition) is 5. The maximum absolute atomic E-state index is 13.0. The lowest BCUT2D eigenvalue weighted by Crippen LogP contribution is -2.31. The highest BCUT2D eigenvalue weighted by Crippen LogP contribution is 2.32. The van der Waals surface area contributed by atoms with Gasteiger partial charge >= 0.3 is 11.3 Å². The van der Waals surface area contributed by atoms with Gasteiger partial charge < -0.3 is 52.5 Å². The van der Waals surface area contributed by atoms with Gasteiger partial charge in [-0.2, -0.15) is 4.21 Å². The number of aryl methyl sites for hydroxylation is 1. The number of amides is 1. The molecule has 0 saturated heterocycles. The molecular formula is C33H53N3O13S. The summed E-state index contributed by atoms with van der Waals surface area (Å²) in [4.78, 5) is 14.2. The smallest absolute Gasteiger partial charge is 0.316 e. The van der Waals surface area contributed by atoms with Gasteiger partial charge in [-0.15, -0.1) is 0 Å². The number of hydroxylamine groups is 1. The van der Waals surface area contributed by atoms with Crippen molar-refractivity contribution in [2.75, 3.05) is 115 Å². The molecule has 0 fully saturated rings. The Morgan fingerprint density at radius 1 is 0.740 bits per heavy atom. The molecule has 50 heavy (non-hydrogen) atoms. The number of nitrogens with zero attached hydrogens (tertiary/aromatic N) is 1. The van der Waals surface area contributed by atoms with Gasteiger partial charge in [0.25, 0.3) is 5.91 Å². The number of rotatable bonds is 30. The van der Waals surface area contributed by atoms with Crippen LogP contribution in [0.4, 0.5) is 11.4 Å². The summed E-state index contributed by atoms with van der Waals surface area (Å²) in [6, 6.07) is 10.1. The summed E-state index contributed by atoms with van der Waals surface area (Å²) in [5, 5.41) is 26.6. The van der Waals surface area contributed by atoms with Crippen molar-refractivity contribution in [3.8, 4) is 11.5 Å². The van der Waals surface area contributed by atoms with E-state index < -0.39 is 17.2 Å². The molecule has 1 atom stereocenters. The number of ether oxygens (including phenoxy) is 7. The summed E-state index contributed by atoms with van der Waals surface area (Å²) in [7, 11) is 0. The molecule has 0 bridgehead atoms. The van der Waals surface area contributed by atoms with Crippen molar-refractivity contribution in [2.45, 2.75) is 26.9 Å². The van der Waals surface area contributed by atoms with Crippen molar-refractivity contribution in [2.24, 2.45) is 0 Å². The van der Waals surface area contributed by atoms with E-state index in [1.165, 1.54) is 12.1 Å². The van der Waals surface area contributed by atoms with Crippen molar-refractivity contribution >= 4 is 28.5 Å². The summed E-state index contributed by atoms with van der Waals surface area (Å²) in [6.07, 6.45) is -0.208. The molecule has 0 aliphatic heterocycles. The molecule has 0 saturated carbocycles. The summed E-state index contributed by atoms with van der Waals surface area (Å²) in [5.74, 6) is -0.357. The first-order chi connectivity index (χ1) is 24.3. The summed E-state index contributed by atoms with van der Waals surface area (Å²) >= 11 is -2.13. The van der Waals surface area contributed by atoms with E-state index in [0.717, 1.165) is 11.3 Å². The predicted octanol–water partition coefficient (Wildman–Crippen LogP) is 1.86. The van der Waals surface area contributed by atoms with Gasteiger partial charge in [-0.25, -0.2) is 5.48 Å². The molecule has 0 aliphatic rings. The number of aliphatic hydroxyl groups is 2. The number of carbonyl (C=O) groups excluding carboxylic acids is 1. The third-order valence-corrected chi connectivity index (χ3v) is 7.22. The van der Waals surface area contributed by atoms with E-state index in [-0.39, 0.29) is 43.8 Å². The predicted molar refractivity (Wildman–Crippen MR) is 186 cm³/mol. The van der Waals surface area contributed by atoms with E-state index in [4.69, 9.17) is 52.8 Å². The van der Waals surface area contributed by atoms with Gasteiger partial charge in [-0.3, -0.25) is 14.7 Å². The lowest BCUT2D eigenvalue weighted by atomic mass is 10.1. The Labute approximate surface area is 296 Å². The zero-order valence-corrected chi connectivity index (χ0v) is 30.0. The lowest BCUT2D eigenvalue weighted by molar-refractivity contribution is 0.00694. The molecule has 0 aliphatic carbocycles. The number of carbonyl (C=O) groups is 1. The molecule has 2 rings (SSSR count). The number of benzene rings is 2. The van der Waals surface area contributed by atoms with Crippen LogP contribution in [0.3, 0.4) is 0 Å². The number of hydrogen-bond acceptors (Lipinski definition) is 14. The fourth-order valence-corrected chi connectivity index (χ4v) is 4.92. The molecule has 0 aromatic heterocycles. The Morgan fingerprint density at radius 3 is 1.76 bits per heavy atom. The Hall–Kier alpha value is -3.10. The number of nitrogens with one attached hydrogen (secondary N) is 2. The highest BCUT2D eigenvalue weighted by molar-refractivity contribution is 7.82. The molecule has 284 valence electrons. The molecule has 0 spiro atoms. The van der Waals surface area contributed by atoms with Crippen LogP contribution >= 0.6 is 0 Å². The zero-order chi connectivity index (χ0) is 36.4. The normalized spacial score (nSPS) is 11.8. The molecule has 1 amide bonds.